The number of benzene rings is 2. The number of aryl methyl sites for hydroxylation is 1. The highest BCUT2D eigenvalue weighted by atomic mass is 79.9. The topological polar surface area (TPSA) is 81.0 Å². The molecule has 1 aromatic heterocycles. The van der Waals surface area contributed by atoms with Crippen molar-refractivity contribution in [3.05, 3.63) is 57.3 Å². The predicted molar refractivity (Wildman–Crippen MR) is 133 cm³/mol. The average molecular weight is 553 g/mol. The van der Waals surface area contributed by atoms with Gasteiger partial charge in [0, 0.05) is 24.2 Å². The molecule has 3 aromatic rings. The van der Waals surface area contributed by atoms with Gasteiger partial charge in [-0.05, 0) is 57.0 Å². The zero-order chi connectivity index (χ0) is 23.6. The van der Waals surface area contributed by atoms with Crippen LogP contribution in [0.3, 0.4) is 0 Å². The first-order valence-electron chi connectivity index (χ1n) is 10.8. The van der Waals surface area contributed by atoms with Crippen molar-refractivity contribution >= 4 is 53.4 Å². The van der Waals surface area contributed by atoms with Crippen LogP contribution in [0.4, 0.5) is 0 Å². The van der Waals surface area contributed by atoms with Gasteiger partial charge in [-0.25, -0.2) is 8.42 Å². The summed E-state index contributed by atoms with van der Waals surface area (Å²) in [5, 5.41) is 0. The molecule has 4 rings (SSSR count). The molecule has 7 nitrogen and oxygen atoms in total. The Bertz CT molecular complexity index is 1330. The van der Waals surface area contributed by atoms with Crippen LogP contribution in [-0.2, 0) is 26.1 Å². The first-order valence-corrected chi connectivity index (χ1v) is 13.9. The van der Waals surface area contributed by atoms with Crippen molar-refractivity contribution < 1.29 is 17.9 Å². The molecule has 33 heavy (non-hydrogen) atoms. The van der Waals surface area contributed by atoms with E-state index in [9.17, 15) is 13.2 Å². The van der Waals surface area contributed by atoms with Crippen molar-refractivity contribution in [1.82, 2.24) is 8.87 Å². The van der Waals surface area contributed by atoms with Gasteiger partial charge in [0.2, 0.25) is 10.0 Å². The van der Waals surface area contributed by atoms with Crippen molar-refractivity contribution in [3.8, 4) is 0 Å². The van der Waals surface area contributed by atoms with Gasteiger partial charge in [-0.3, -0.25) is 4.79 Å². The summed E-state index contributed by atoms with van der Waals surface area (Å²) in [4.78, 5) is 18.4. The fourth-order valence-electron chi connectivity index (χ4n) is 3.94. The quantitative estimate of drug-likeness (QED) is 0.414. The van der Waals surface area contributed by atoms with Gasteiger partial charge in [0.15, 0.2) is 4.80 Å². The Labute approximate surface area is 205 Å². The number of fused-ring (bicyclic) bond motifs is 1. The van der Waals surface area contributed by atoms with Crippen molar-refractivity contribution in [1.29, 1.82) is 0 Å². The lowest BCUT2D eigenvalue weighted by Gasteiger charge is -2.21. The van der Waals surface area contributed by atoms with E-state index in [-0.39, 0.29) is 4.90 Å². The summed E-state index contributed by atoms with van der Waals surface area (Å²) >= 11 is 4.90. The minimum atomic E-state index is -3.78. The number of amides is 1. The number of halogens is 1. The van der Waals surface area contributed by atoms with Crippen molar-refractivity contribution in [3.63, 3.8) is 0 Å². The van der Waals surface area contributed by atoms with Crippen LogP contribution in [0.1, 0.15) is 25.3 Å². The normalized spacial score (nSPS) is 17.8. The highest BCUT2D eigenvalue weighted by Gasteiger charge is 2.39. The maximum absolute atomic E-state index is 13.3. The van der Waals surface area contributed by atoms with E-state index in [2.05, 4.69) is 20.9 Å². The fraction of sp³-hybridized carbons (Fsp3) is 0.391. The smallest absolute Gasteiger partial charge is 0.266 e. The standard InChI is InChI=1S/C23H26BrN3O4S2/c1-3-31-14-13-26-19-11-8-17(24)15-21(19)32-23(26)25-22(28)20-5-4-12-27(20)33(29,30)18-9-6-16(2)7-10-18/h6-11,15,20H,3-5,12-14H2,1-2H3. The van der Waals surface area contributed by atoms with Crippen LogP contribution in [0.5, 0.6) is 0 Å². The Balaban J connectivity index is 1.69. The number of aromatic nitrogens is 1. The lowest BCUT2D eigenvalue weighted by molar-refractivity contribution is -0.121. The summed E-state index contributed by atoms with van der Waals surface area (Å²) in [5.74, 6) is -0.432. The summed E-state index contributed by atoms with van der Waals surface area (Å²) in [6.45, 7) is 5.81. The number of sulfonamides is 1. The second-order valence-corrected chi connectivity index (χ2v) is 11.7. The fourth-order valence-corrected chi connectivity index (χ4v) is 7.20. The van der Waals surface area contributed by atoms with Gasteiger partial charge in [0.05, 0.1) is 21.7 Å². The minimum Gasteiger partial charge on any atom is -0.380 e. The van der Waals surface area contributed by atoms with E-state index >= 15 is 0 Å². The number of carbonyl (C=O) groups excluding carboxylic acids is 1. The number of carbonyl (C=O) groups is 1. The zero-order valence-corrected chi connectivity index (χ0v) is 21.7. The molecule has 2 aromatic carbocycles. The molecule has 1 aliphatic rings. The molecule has 176 valence electrons. The third-order valence-corrected chi connectivity index (χ3v) is 9.09. The van der Waals surface area contributed by atoms with Gasteiger partial charge in [-0.1, -0.05) is 45.0 Å². The van der Waals surface area contributed by atoms with E-state index in [1.807, 2.05) is 36.6 Å². The summed E-state index contributed by atoms with van der Waals surface area (Å²) in [5.41, 5.74) is 1.94. The van der Waals surface area contributed by atoms with Gasteiger partial charge in [-0.2, -0.15) is 9.30 Å². The molecular formula is C23H26BrN3O4S2. The third kappa shape index (κ3) is 5.14. The molecule has 1 unspecified atom stereocenters. The number of hydrogen-bond donors (Lipinski definition) is 0. The largest absolute Gasteiger partial charge is 0.380 e. The molecular weight excluding hydrogens is 526 g/mol. The number of rotatable bonds is 7. The second-order valence-electron chi connectivity index (χ2n) is 7.88. The minimum absolute atomic E-state index is 0.200. The summed E-state index contributed by atoms with van der Waals surface area (Å²) < 4.78 is 37.2. The molecule has 1 atom stereocenters. The molecule has 0 radical (unpaired) electrons. The van der Waals surface area contributed by atoms with Crippen LogP contribution in [0, 0.1) is 6.92 Å². The third-order valence-electron chi connectivity index (χ3n) is 5.63. The zero-order valence-electron chi connectivity index (χ0n) is 18.5. The Kier molecular flexibility index (Phi) is 7.49. The highest BCUT2D eigenvalue weighted by molar-refractivity contribution is 9.10. The molecule has 0 bridgehead atoms. The van der Waals surface area contributed by atoms with Crippen LogP contribution < -0.4 is 4.80 Å². The summed E-state index contributed by atoms with van der Waals surface area (Å²) in [6, 6.07) is 11.8. The van der Waals surface area contributed by atoms with Gasteiger partial charge < -0.3 is 9.30 Å². The Hall–Kier alpha value is -1.85. The SMILES string of the molecule is CCOCCn1c(=NC(=O)C2CCCN2S(=O)(=O)c2ccc(C)cc2)sc2cc(Br)ccc21. The molecule has 2 heterocycles. The summed E-state index contributed by atoms with van der Waals surface area (Å²) in [7, 11) is -3.78. The average Bonchev–Trinajstić information content (AvgIpc) is 3.40. The van der Waals surface area contributed by atoms with Gasteiger partial charge >= 0.3 is 0 Å². The lowest BCUT2D eigenvalue weighted by Crippen LogP contribution is -2.40. The maximum atomic E-state index is 13.3. The van der Waals surface area contributed by atoms with Gasteiger partial charge in [-0.15, -0.1) is 0 Å². The predicted octanol–water partition coefficient (Wildman–Crippen LogP) is 4.09. The van der Waals surface area contributed by atoms with E-state index < -0.39 is 22.0 Å². The van der Waals surface area contributed by atoms with E-state index in [0.717, 1.165) is 20.3 Å². The second kappa shape index (κ2) is 10.2. The monoisotopic (exact) mass is 551 g/mol. The van der Waals surface area contributed by atoms with Crippen molar-refractivity contribution in [2.45, 2.75) is 44.2 Å². The molecule has 10 heteroatoms. The van der Waals surface area contributed by atoms with E-state index in [1.54, 1.807) is 24.3 Å². The molecule has 1 aliphatic heterocycles. The Morgan fingerprint density at radius 3 is 2.73 bits per heavy atom. The lowest BCUT2D eigenvalue weighted by atomic mass is 10.2. The van der Waals surface area contributed by atoms with E-state index in [0.29, 0.717) is 43.9 Å². The molecule has 1 fully saturated rings. The molecule has 0 spiro atoms. The number of hydrogen-bond acceptors (Lipinski definition) is 5. The van der Waals surface area contributed by atoms with Gasteiger partial charge in [0.25, 0.3) is 5.91 Å². The molecule has 0 saturated carbocycles. The first kappa shape index (κ1) is 24.3. The van der Waals surface area contributed by atoms with Crippen molar-refractivity contribution in [2.75, 3.05) is 19.8 Å². The Morgan fingerprint density at radius 2 is 2.00 bits per heavy atom. The molecule has 1 amide bonds. The molecule has 0 aliphatic carbocycles. The first-order chi connectivity index (χ1) is 15.8. The van der Waals surface area contributed by atoms with Crippen LogP contribution in [0.25, 0.3) is 10.2 Å². The number of thiazole rings is 1. The van der Waals surface area contributed by atoms with E-state index in [4.69, 9.17) is 4.74 Å². The molecule has 1 saturated heterocycles. The highest BCUT2D eigenvalue weighted by Crippen LogP contribution is 2.27. The van der Waals surface area contributed by atoms with Crippen LogP contribution in [-0.4, -0.2) is 49.0 Å². The Morgan fingerprint density at radius 1 is 1.24 bits per heavy atom. The number of ether oxygens (including phenoxy) is 1. The van der Waals surface area contributed by atoms with Crippen LogP contribution >= 0.6 is 27.3 Å². The van der Waals surface area contributed by atoms with Gasteiger partial charge in [0.1, 0.15) is 6.04 Å². The maximum Gasteiger partial charge on any atom is 0.266 e. The van der Waals surface area contributed by atoms with E-state index in [1.165, 1.54) is 15.6 Å². The van der Waals surface area contributed by atoms with Crippen LogP contribution in [0.2, 0.25) is 0 Å². The summed E-state index contributed by atoms with van der Waals surface area (Å²) in [6.07, 6.45) is 1.09. The number of nitrogens with zero attached hydrogens (tertiary/aromatic N) is 3. The van der Waals surface area contributed by atoms with Crippen LogP contribution in [0.15, 0.2) is 56.8 Å². The van der Waals surface area contributed by atoms with Crippen molar-refractivity contribution in [2.24, 2.45) is 4.99 Å². The molecule has 0 N–H and O–H groups in total.